The molecule has 54 valence electrons. The fraction of sp³-hybridized carbons (Fsp3) is 0.222. The lowest BCUT2D eigenvalue weighted by Crippen LogP contribution is -1.75. The Hall–Kier alpha value is -1.11. The molecule has 1 nitrogen and oxygen atoms in total. The average Bonchev–Trinajstić information content (AvgIpc) is 1.98. The maximum absolute atomic E-state index is 4.08. The fourth-order valence-corrected chi connectivity index (χ4v) is 0.414. The SMILES string of the molecule is C=C/C=N\C(C)=C(\C)C=C. The Morgan fingerprint density at radius 1 is 1.30 bits per heavy atom. The van der Waals surface area contributed by atoms with Crippen LogP contribution in [0.5, 0.6) is 0 Å². The van der Waals surface area contributed by atoms with E-state index in [9.17, 15) is 0 Å². The predicted molar refractivity (Wildman–Crippen MR) is 47.3 cm³/mol. The Morgan fingerprint density at radius 3 is 2.30 bits per heavy atom. The molecule has 0 rings (SSSR count). The minimum Gasteiger partial charge on any atom is -0.261 e. The molecule has 0 aromatic heterocycles. The normalized spacial score (nSPS) is 13.0. The summed E-state index contributed by atoms with van der Waals surface area (Å²) < 4.78 is 0. The van der Waals surface area contributed by atoms with Crippen molar-refractivity contribution in [3.8, 4) is 0 Å². The molecule has 0 unspecified atom stereocenters. The third kappa shape index (κ3) is 3.02. The lowest BCUT2D eigenvalue weighted by molar-refractivity contribution is 1.24. The van der Waals surface area contributed by atoms with Crippen molar-refractivity contribution in [2.45, 2.75) is 13.8 Å². The van der Waals surface area contributed by atoms with Crippen LogP contribution in [-0.4, -0.2) is 6.21 Å². The number of rotatable bonds is 3. The third-order valence-electron chi connectivity index (χ3n) is 1.25. The molecule has 0 bridgehead atoms. The number of hydrogen-bond acceptors (Lipinski definition) is 1. The molecule has 1 heteroatoms. The summed E-state index contributed by atoms with van der Waals surface area (Å²) in [6.45, 7) is 11.1. The molecule has 0 saturated carbocycles. The van der Waals surface area contributed by atoms with Crippen molar-refractivity contribution in [2.24, 2.45) is 4.99 Å². The first-order chi connectivity index (χ1) is 4.72. The Kier molecular flexibility index (Phi) is 4.21. The molecule has 0 amide bonds. The van der Waals surface area contributed by atoms with Crippen LogP contribution in [0.2, 0.25) is 0 Å². The van der Waals surface area contributed by atoms with Gasteiger partial charge in [0.05, 0.1) is 0 Å². The summed E-state index contributed by atoms with van der Waals surface area (Å²) in [6, 6.07) is 0. The van der Waals surface area contributed by atoms with Gasteiger partial charge in [-0.15, -0.1) is 0 Å². The zero-order chi connectivity index (χ0) is 7.98. The summed E-state index contributed by atoms with van der Waals surface area (Å²) in [6.07, 6.45) is 5.11. The second-order valence-corrected chi connectivity index (χ2v) is 1.99. The van der Waals surface area contributed by atoms with Gasteiger partial charge in [-0.2, -0.15) is 0 Å². The van der Waals surface area contributed by atoms with Crippen LogP contribution < -0.4 is 0 Å². The minimum absolute atomic E-state index is 0.981. The Bertz CT molecular complexity index is 185. The largest absolute Gasteiger partial charge is 0.261 e. The average molecular weight is 135 g/mol. The summed E-state index contributed by atoms with van der Waals surface area (Å²) >= 11 is 0. The lowest BCUT2D eigenvalue weighted by Gasteiger charge is -1.93. The fourth-order valence-electron chi connectivity index (χ4n) is 0.414. The van der Waals surface area contributed by atoms with Crippen LogP contribution >= 0.6 is 0 Å². The molecular weight excluding hydrogens is 122 g/mol. The van der Waals surface area contributed by atoms with Crippen molar-refractivity contribution < 1.29 is 0 Å². The number of allylic oxidation sites excluding steroid dienone is 4. The van der Waals surface area contributed by atoms with E-state index in [0.29, 0.717) is 0 Å². The van der Waals surface area contributed by atoms with E-state index >= 15 is 0 Å². The van der Waals surface area contributed by atoms with Crippen molar-refractivity contribution in [3.05, 3.63) is 36.6 Å². The highest BCUT2D eigenvalue weighted by Crippen LogP contribution is 2.03. The van der Waals surface area contributed by atoms with Crippen LogP contribution in [-0.2, 0) is 0 Å². The molecule has 0 N–H and O–H groups in total. The van der Waals surface area contributed by atoms with Gasteiger partial charge in [-0.25, -0.2) is 0 Å². The van der Waals surface area contributed by atoms with Crippen molar-refractivity contribution in [3.63, 3.8) is 0 Å². The Balaban J connectivity index is 4.31. The van der Waals surface area contributed by atoms with Crippen LogP contribution in [0.4, 0.5) is 0 Å². The number of aliphatic imine (C=N–C) groups is 1. The van der Waals surface area contributed by atoms with Crippen molar-refractivity contribution >= 4 is 6.21 Å². The first-order valence-electron chi connectivity index (χ1n) is 3.17. The van der Waals surface area contributed by atoms with E-state index in [0.717, 1.165) is 11.3 Å². The van der Waals surface area contributed by atoms with Gasteiger partial charge < -0.3 is 0 Å². The van der Waals surface area contributed by atoms with E-state index < -0.39 is 0 Å². The van der Waals surface area contributed by atoms with E-state index in [1.54, 1.807) is 18.4 Å². The zero-order valence-corrected chi connectivity index (χ0v) is 6.59. The topological polar surface area (TPSA) is 12.4 Å². The lowest BCUT2D eigenvalue weighted by atomic mass is 10.2. The second-order valence-electron chi connectivity index (χ2n) is 1.99. The quantitative estimate of drug-likeness (QED) is 0.417. The number of nitrogens with zero attached hydrogens (tertiary/aromatic N) is 1. The Morgan fingerprint density at radius 2 is 1.90 bits per heavy atom. The third-order valence-corrected chi connectivity index (χ3v) is 1.25. The molecule has 0 aliphatic carbocycles. The first-order valence-corrected chi connectivity index (χ1v) is 3.17. The van der Waals surface area contributed by atoms with E-state index in [-0.39, 0.29) is 0 Å². The van der Waals surface area contributed by atoms with Gasteiger partial charge in [0, 0.05) is 11.9 Å². The Labute approximate surface area is 62.5 Å². The van der Waals surface area contributed by atoms with Crippen LogP contribution in [0.1, 0.15) is 13.8 Å². The first kappa shape index (κ1) is 8.89. The molecule has 0 fully saturated rings. The standard InChI is InChI=1S/C9H13N/c1-5-7-10-9(4)8(3)6-2/h5-7H,1-2H2,3-4H3/b9-8-,10-7-. The van der Waals surface area contributed by atoms with Gasteiger partial charge in [0.15, 0.2) is 0 Å². The predicted octanol–water partition coefficient (Wildman–Crippen LogP) is 2.72. The van der Waals surface area contributed by atoms with E-state index in [1.165, 1.54) is 0 Å². The highest BCUT2D eigenvalue weighted by atomic mass is 14.7. The molecule has 0 aromatic carbocycles. The summed E-state index contributed by atoms with van der Waals surface area (Å²) in [7, 11) is 0. The minimum atomic E-state index is 0.981. The summed E-state index contributed by atoms with van der Waals surface area (Å²) in [5, 5.41) is 0. The molecule has 0 radical (unpaired) electrons. The van der Waals surface area contributed by atoms with Gasteiger partial charge in [0.1, 0.15) is 0 Å². The zero-order valence-electron chi connectivity index (χ0n) is 6.59. The van der Waals surface area contributed by atoms with Crippen molar-refractivity contribution in [2.75, 3.05) is 0 Å². The van der Waals surface area contributed by atoms with Gasteiger partial charge in [-0.1, -0.05) is 25.3 Å². The van der Waals surface area contributed by atoms with Gasteiger partial charge in [-0.05, 0) is 19.4 Å². The molecule has 0 heterocycles. The van der Waals surface area contributed by atoms with E-state index in [4.69, 9.17) is 0 Å². The van der Waals surface area contributed by atoms with E-state index in [1.807, 2.05) is 13.8 Å². The molecule has 0 aliphatic heterocycles. The second kappa shape index (κ2) is 4.74. The highest BCUT2D eigenvalue weighted by Gasteiger charge is 1.85. The van der Waals surface area contributed by atoms with Gasteiger partial charge in [0.2, 0.25) is 0 Å². The van der Waals surface area contributed by atoms with Crippen LogP contribution in [0, 0.1) is 0 Å². The van der Waals surface area contributed by atoms with Crippen LogP contribution in [0.25, 0.3) is 0 Å². The molecule has 10 heavy (non-hydrogen) atoms. The monoisotopic (exact) mass is 135 g/mol. The van der Waals surface area contributed by atoms with Crippen LogP contribution in [0.15, 0.2) is 41.6 Å². The maximum atomic E-state index is 4.08. The van der Waals surface area contributed by atoms with Gasteiger partial charge in [-0.3, -0.25) is 4.99 Å². The summed E-state index contributed by atoms with van der Waals surface area (Å²) in [5.41, 5.74) is 2.08. The molecule has 0 aliphatic rings. The highest BCUT2D eigenvalue weighted by molar-refractivity contribution is 5.71. The summed E-state index contributed by atoms with van der Waals surface area (Å²) in [5.74, 6) is 0. The maximum Gasteiger partial charge on any atom is 0.0401 e. The molecule has 0 saturated heterocycles. The number of hydrogen-bond donors (Lipinski definition) is 0. The van der Waals surface area contributed by atoms with Crippen molar-refractivity contribution in [1.29, 1.82) is 0 Å². The van der Waals surface area contributed by atoms with Crippen LogP contribution in [0.3, 0.4) is 0 Å². The molecule has 0 spiro atoms. The van der Waals surface area contributed by atoms with E-state index in [2.05, 4.69) is 18.2 Å². The molecule has 0 atom stereocenters. The molecular formula is C9H13N. The van der Waals surface area contributed by atoms with Gasteiger partial charge in [0.25, 0.3) is 0 Å². The van der Waals surface area contributed by atoms with Gasteiger partial charge >= 0.3 is 0 Å². The summed E-state index contributed by atoms with van der Waals surface area (Å²) in [4.78, 5) is 4.08. The smallest absolute Gasteiger partial charge is 0.0401 e. The molecule has 0 aromatic rings. The van der Waals surface area contributed by atoms with Crippen molar-refractivity contribution in [1.82, 2.24) is 0 Å².